The predicted octanol–water partition coefficient (Wildman–Crippen LogP) is 5.33. The highest BCUT2D eigenvalue weighted by atomic mass is 19.4. The number of carbonyl (C=O) groups is 2. The second-order valence-corrected chi connectivity index (χ2v) is 11.7. The van der Waals surface area contributed by atoms with Gasteiger partial charge in [0.15, 0.2) is 0 Å². The zero-order chi connectivity index (χ0) is 29.9. The molecule has 2 aromatic rings. The van der Waals surface area contributed by atoms with E-state index in [0.29, 0.717) is 30.8 Å². The summed E-state index contributed by atoms with van der Waals surface area (Å²) in [5, 5.41) is 6.11. The molecular formula is C30H39F3N6O3. The molecule has 0 spiro atoms. The molecule has 1 saturated heterocycles. The zero-order valence-electron chi connectivity index (χ0n) is 24.2. The van der Waals surface area contributed by atoms with E-state index in [1.165, 1.54) is 0 Å². The molecule has 0 bridgehead atoms. The van der Waals surface area contributed by atoms with Crippen molar-refractivity contribution in [2.24, 2.45) is 11.3 Å². The lowest BCUT2D eigenvalue weighted by Gasteiger charge is -2.45. The fourth-order valence-electron chi connectivity index (χ4n) is 6.41. The minimum absolute atomic E-state index is 0.00173. The van der Waals surface area contributed by atoms with Gasteiger partial charge < -0.3 is 25.2 Å². The molecule has 9 nitrogen and oxygen atoms in total. The lowest BCUT2D eigenvalue weighted by atomic mass is 9.65. The number of esters is 1. The third kappa shape index (κ3) is 6.79. The fourth-order valence-corrected chi connectivity index (χ4v) is 6.41. The minimum atomic E-state index is -4.66. The monoisotopic (exact) mass is 588 g/mol. The Labute approximate surface area is 244 Å². The summed E-state index contributed by atoms with van der Waals surface area (Å²) in [5.41, 5.74) is -0.343. The van der Waals surface area contributed by atoms with Crippen molar-refractivity contribution in [1.82, 2.24) is 19.8 Å². The molecule has 2 heterocycles. The molecule has 12 heteroatoms. The van der Waals surface area contributed by atoms with Crippen LogP contribution in [0.3, 0.4) is 0 Å². The van der Waals surface area contributed by atoms with Crippen LogP contribution in [-0.4, -0.2) is 77.5 Å². The third-order valence-electron chi connectivity index (χ3n) is 8.83. The Kier molecular flexibility index (Phi) is 8.91. The standard InChI is InChI=1S/C30H39F3N6O3/c1-3-42-25(40)18-29(21-9-10-21)13-5-4-6-24(29)36-26-23(30(31,32)33)19-34-28(37-26)35-22-11-7-20(8-12-22)27(41)39-16-14-38(2)15-17-39/h7-8,11-12,19,21,24H,3-6,9-10,13-18H2,1-2H3,(H2,34,35,36,37)/t24-,29?/m1/s1. The van der Waals surface area contributed by atoms with Gasteiger partial charge in [0.1, 0.15) is 11.4 Å². The van der Waals surface area contributed by atoms with E-state index >= 15 is 0 Å². The highest BCUT2D eigenvalue weighted by Gasteiger charge is 2.53. The molecule has 2 atom stereocenters. The number of halogens is 3. The molecule has 228 valence electrons. The van der Waals surface area contributed by atoms with Crippen molar-refractivity contribution in [1.29, 1.82) is 0 Å². The van der Waals surface area contributed by atoms with Crippen LogP contribution in [0.15, 0.2) is 30.5 Å². The van der Waals surface area contributed by atoms with E-state index in [0.717, 1.165) is 51.4 Å². The molecule has 1 amide bonds. The summed E-state index contributed by atoms with van der Waals surface area (Å²) in [7, 11) is 2.02. The van der Waals surface area contributed by atoms with E-state index in [4.69, 9.17) is 4.74 Å². The first-order valence-corrected chi connectivity index (χ1v) is 14.8. The Morgan fingerprint density at radius 2 is 1.79 bits per heavy atom. The quantitative estimate of drug-likeness (QED) is 0.380. The number of piperazine rings is 1. The van der Waals surface area contributed by atoms with Crippen molar-refractivity contribution < 1.29 is 27.5 Å². The molecule has 2 saturated carbocycles. The molecule has 2 N–H and O–H groups in total. The molecule has 5 rings (SSSR count). The number of benzene rings is 1. The molecule has 3 aliphatic rings. The Balaban J connectivity index is 1.35. The molecule has 0 radical (unpaired) electrons. The van der Waals surface area contributed by atoms with Crippen molar-refractivity contribution in [3.63, 3.8) is 0 Å². The number of aromatic nitrogens is 2. The molecule has 3 fully saturated rings. The predicted molar refractivity (Wildman–Crippen MR) is 152 cm³/mol. The SMILES string of the molecule is CCOC(=O)CC1(C2CC2)CCCC[C@H]1Nc1nc(Nc2ccc(C(=O)N3CCN(C)CC3)cc2)ncc1C(F)(F)F. The molecule has 1 unspecified atom stereocenters. The van der Waals surface area contributed by atoms with Crippen LogP contribution in [0.2, 0.25) is 0 Å². The Morgan fingerprint density at radius 1 is 1.07 bits per heavy atom. The highest BCUT2D eigenvalue weighted by molar-refractivity contribution is 5.94. The van der Waals surface area contributed by atoms with Gasteiger partial charge in [-0.3, -0.25) is 9.59 Å². The summed E-state index contributed by atoms with van der Waals surface area (Å²) in [5.74, 6) is -0.403. The lowest BCUT2D eigenvalue weighted by molar-refractivity contribution is -0.147. The van der Waals surface area contributed by atoms with Crippen molar-refractivity contribution in [2.45, 2.75) is 64.1 Å². The number of likely N-dealkylation sites (N-methyl/N-ethyl adjacent to an activating group) is 1. The number of ether oxygens (including phenoxy) is 1. The number of nitrogens with zero attached hydrogens (tertiary/aromatic N) is 4. The first-order valence-electron chi connectivity index (χ1n) is 14.8. The second kappa shape index (κ2) is 12.4. The van der Waals surface area contributed by atoms with Crippen LogP contribution >= 0.6 is 0 Å². The van der Waals surface area contributed by atoms with Gasteiger partial charge in [-0.15, -0.1) is 0 Å². The molecule has 1 aliphatic heterocycles. The maximum atomic E-state index is 14.1. The summed E-state index contributed by atoms with van der Waals surface area (Å²) in [6.45, 7) is 4.97. The first-order chi connectivity index (χ1) is 20.1. The number of hydrogen-bond donors (Lipinski definition) is 2. The Morgan fingerprint density at radius 3 is 2.43 bits per heavy atom. The maximum Gasteiger partial charge on any atom is 0.421 e. The zero-order valence-corrected chi connectivity index (χ0v) is 24.2. The van der Waals surface area contributed by atoms with Gasteiger partial charge in [-0.2, -0.15) is 18.2 Å². The van der Waals surface area contributed by atoms with E-state index in [9.17, 15) is 22.8 Å². The first kappa shape index (κ1) is 30.1. The summed E-state index contributed by atoms with van der Waals surface area (Å²) in [6.07, 6.45) is 1.38. The molecule has 1 aromatic heterocycles. The van der Waals surface area contributed by atoms with Crippen LogP contribution in [0.1, 0.15) is 67.8 Å². The number of alkyl halides is 3. The molecule has 1 aromatic carbocycles. The third-order valence-corrected chi connectivity index (χ3v) is 8.83. The van der Waals surface area contributed by atoms with Crippen molar-refractivity contribution >= 4 is 29.3 Å². The molecular weight excluding hydrogens is 549 g/mol. The number of amides is 1. The summed E-state index contributed by atoms with van der Waals surface area (Å²) < 4.78 is 47.5. The number of anilines is 3. The largest absolute Gasteiger partial charge is 0.466 e. The van der Waals surface area contributed by atoms with Crippen LogP contribution in [0, 0.1) is 11.3 Å². The average Bonchev–Trinajstić information content (AvgIpc) is 3.81. The average molecular weight is 589 g/mol. The number of rotatable bonds is 9. The van der Waals surface area contributed by atoms with Crippen molar-refractivity contribution in [3.8, 4) is 0 Å². The van der Waals surface area contributed by atoms with Crippen LogP contribution in [0.4, 0.5) is 30.6 Å². The maximum absolute atomic E-state index is 14.1. The van der Waals surface area contributed by atoms with Gasteiger partial charge in [0.25, 0.3) is 5.91 Å². The van der Waals surface area contributed by atoms with Gasteiger partial charge in [-0.1, -0.05) is 12.8 Å². The minimum Gasteiger partial charge on any atom is -0.466 e. The van der Waals surface area contributed by atoms with E-state index in [1.54, 1.807) is 31.2 Å². The number of nitrogens with one attached hydrogen (secondary N) is 2. The van der Waals surface area contributed by atoms with Crippen molar-refractivity contribution in [2.75, 3.05) is 50.5 Å². The van der Waals surface area contributed by atoms with E-state index in [-0.39, 0.29) is 48.6 Å². The second-order valence-electron chi connectivity index (χ2n) is 11.7. The van der Waals surface area contributed by atoms with Gasteiger partial charge in [-0.05, 0) is 69.8 Å². The van der Waals surface area contributed by atoms with Crippen LogP contribution < -0.4 is 10.6 Å². The number of carbonyl (C=O) groups excluding carboxylic acids is 2. The summed E-state index contributed by atoms with van der Waals surface area (Å²) >= 11 is 0. The van der Waals surface area contributed by atoms with Crippen LogP contribution in [-0.2, 0) is 15.7 Å². The van der Waals surface area contributed by atoms with E-state index < -0.39 is 17.2 Å². The van der Waals surface area contributed by atoms with Gasteiger partial charge >= 0.3 is 12.1 Å². The van der Waals surface area contributed by atoms with Crippen molar-refractivity contribution in [3.05, 3.63) is 41.6 Å². The summed E-state index contributed by atoms with van der Waals surface area (Å²) in [4.78, 5) is 37.7. The van der Waals surface area contributed by atoms with Gasteiger partial charge in [0.05, 0.1) is 13.0 Å². The van der Waals surface area contributed by atoms with E-state index in [1.807, 2.05) is 11.9 Å². The van der Waals surface area contributed by atoms with Crippen LogP contribution in [0.5, 0.6) is 0 Å². The Hall–Kier alpha value is -3.41. The van der Waals surface area contributed by atoms with Gasteiger partial charge in [-0.25, -0.2) is 4.98 Å². The highest BCUT2D eigenvalue weighted by Crippen LogP contribution is 2.56. The Bertz CT molecular complexity index is 1260. The van der Waals surface area contributed by atoms with Gasteiger partial charge in [0, 0.05) is 55.1 Å². The lowest BCUT2D eigenvalue weighted by Crippen LogP contribution is -2.47. The van der Waals surface area contributed by atoms with E-state index in [2.05, 4.69) is 25.5 Å². The molecule has 2 aliphatic carbocycles. The smallest absolute Gasteiger partial charge is 0.421 e. The van der Waals surface area contributed by atoms with Crippen LogP contribution in [0.25, 0.3) is 0 Å². The topological polar surface area (TPSA) is 99.7 Å². The molecule has 42 heavy (non-hydrogen) atoms. The fraction of sp³-hybridized carbons (Fsp3) is 0.600. The van der Waals surface area contributed by atoms with Gasteiger partial charge in [0.2, 0.25) is 5.95 Å². The normalized spacial score (nSPS) is 23.4. The number of hydrogen-bond acceptors (Lipinski definition) is 8. The summed E-state index contributed by atoms with van der Waals surface area (Å²) in [6, 6.07) is 6.40.